The summed E-state index contributed by atoms with van der Waals surface area (Å²) in [5.41, 5.74) is 4.25. The Labute approximate surface area is 162 Å². The first kappa shape index (κ1) is 17.5. The van der Waals surface area contributed by atoms with Crippen LogP contribution in [0.15, 0.2) is 66.9 Å². The van der Waals surface area contributed by atoms with Crippen molar-refractivity contribution in [3.63, 3.8) is 0 Å². The second kappa shape index (κ2) is 7.76. The zero-order valence-electron chi connectivity index (χ0n) is 15.2. The molecule has 0 atom stereocenters. The third-order valence-electron chi connectivity index (χ3n) is 4.60. The summed E-state index contributed by atoms with van der Waals surface area (Å²) in [4.78, 5) is 18.8. The number of hydrogen-bond donors (Lipinski definition) is 1. The second-order valence-corrected chi connectivity index (χ2v) is 7.48. The van der Waals surface area contributed by atoms with Gasteiger partial charge >= 0.3 is 0 Å². The molecule has 0 saturated heterocycles. The number of fused-ring (bicyclic) bond motifs is 1. The first-order valence-electron chi connectivity index (χ1n) is 9.08. The zero-order chi connectivity index (χ0) is 18.6. The van der Waals surface area contributed by atoms with Crippen molar-refractivity contribution >= 4 is 22.2 Å². The molecule has 4 rings (SSSR count). The first-order chi connectivity index (χ1) is 13.2. The topological polar surface area (TPSA) is 46.4 Å². The Balaban J connectivity index is 1.41. The summed E-state index contributed by atoms with van der Waals surface area (Å²) in [6.45, 7) is 2.64. The molecular weight excluding hydrogens is 354 g/mol. The predicted octanol–water partition coefficient (Wildman–Crippen LogP) is 4.73. The number of aryl methyl sites for hydroxylation is 2. The van der Waals surface area contributed by atoms with Crippen LogP contribution in [0.2, 0.25) is 0 Å². The lowest BCUT2D eigenvalue weighted by Crippen LogP contribution is -2.24. The molecule has 0 bridgehead atoms. The molecule has 0 radical (unpaired) electrons. The molecule has 2 aromatic heterocycles. The van der Waals surface area contributed by atoms with Crippen molar-refractivity contribution in [2.75, 3.05) is 6.54 Å². The molecule has 1 N–H and O–H groups in total. The van der Waals surface area contributed by atoms with Crippen LogP contribution in [0.25, 0.3) is 16.2 Å². The average molecular weight is 375 g/mol. The Morgan fingerprint density at radius 2 is 1.78 bits per heavy atom. The molecule has 0 spiro atoms. The Kier molecular flexibility index (Phi) is 5.03. The fraction of sp³-hybridized carbons (Fsp3) is 0.182. The van der Waals surface area contributed by atoms with Crippen LogP contribution in [0.1, 0.15) is 27.3 Å². The van der Waals surface area contributed by atoms with E-state index >= 15 is 0 Å². The van der Waals surface area contributed by atoms with Crippen molar-refractivity contribution in [3.8, 4) is 11.3 Å². The van der Waals surface area contributed by atoms with E-state index in [0.29, 0.717) is 6.54 Å². The van der Waals surface area contributed by atoms with E-state index in [0.717, 1.165) is 39.6 Å². The number of nitrogens with zero attached hydrogens (tertiary/aromatic N) is 2. The lowest BCUT2D eigenvalue weighted by Gasteiger charge is -2.05. The van der Waals surface area contributed by atoms with E-state index in [1.807, 2.05) is 66.1 Å². The largest absolute Gasteiger partial charge is 0.351 e. The maximum Gasteiger partial charge on any atom is 0.263 e. The molecule has 4 aromatic rings. The first-order valence-corrected chi connectivity index (χ1v) is 9.90. The van der Waals surface area contributed by atoms with Crippen molar-refractivity contribution in [2.24, 2.45) is 0 Å². The molecule has 2 heterocycles. The molecule has 27 heavy (non-hydrogen) atoms. The van der Waals surface area contributed by atoms with E-state index in [4.69, 9.17) is 0 Å². The van der Waals surface area contributed by atoms with Crippen LogP contribution in [0.5, 0.6) is 0 Å². The Morgan fingerprint density at radius 3 is 2.48 bits per heavy atom. The van der Waals surface area contributed by atoms with Gasteiger partial charge in [0.25, 0.3) is 5.91 Å². The minimum absolute atomic E-state index is 0.0164. The van der Waals surface area contributed by atoms with E-state index in [-0.39, 0.29) is 5.91 Å². The minimum atomic E-state index is -0.0164. The van der Waals surface area contributed by atoms with Gasteiger partial charge in [0.05, 0.1) is 5.69 Å². The highest BCUT2D eigenvalue weighted by atomic mass is 32.1. The molecule has 1 amide bonds. The van der Waals surface area contributed by atoms with E-state index in [9.17, 15) is 4.79 Å². The van der Waals surface area contributed by atoms with Crippen LogP contribution in [0.3, 0.4) is 0 Å². The monoisotopic (exact) mass is 375 g/mol. The van der Waals surface area contributed by atoms with Crippen LogP contribution >= 0.6 is 11.3 Å². The summed E-state index contributed by atoms with van der Waals surface area (Å²) in [5, 5.41) is 3.04. The summed E-state index contributed by atoms with van der Waals surface area (Å²) in [7, 11) is 0. The average Bonchev–Trinajstić information content (AvgIpc) is 3.26. The van der Waals surface area contributed by atoms with Gasteiger partial charge in [-0.25, -0.2) is 4.98 Å². The Bertz CT molecular complexity index is 1050. The molecule has 0 aliphatic rings. The minimum Gasteiger partial charge on any atom is -0.351 e. The van der Waals surface area contributed by atoms with Gasteiger partial charge in [-0.1, -0.05) is 72.0 Å². The normalized spacial score (nSPS) is 11.0. The summed E-state index contributed by atoms with van der Waals surface area (Å²) in [6, 6.07) is 20.4. The van der Waals surface area contributed by atoms with Crippen LogP contribution in [-0.4, -0.2) is 21.8 Å². The smallest absolute Gasteiger partial charge is 0.263 e. The van der Waals surface area contributed by atoms with Gasteiger partial charge in [0.15, 0.2) is 4.96 Å². The fourth-order valence-electron chi connectivity index (χ4n) is 3.13. The predicted molar refractivity (Wildman–Crippen MR) is 110 cm³/mol. The summed E-state index contributed by atoms with van der Waals surface area (Å²) in [5.74, 6) is -0.0164. The van der Waals surface area contributed by atoms with E-state index in [2.05, 4.69) is 22.4 Å². The molecule has 136 valence electrons. The fourth-order valence-corrected chi connectivity index (χ4v) is 4.15. The number of thiazole rings is 1. The molecule has 0 saturated carbocycles. The lowest BCUT2D eigenvalue weighted by molar-refractivity contribution is 0.0956. The van der Waals surface area contributed by atoms with E-state index in [1.165, 1.54) is 16.9 Å². The number of carbonyl (C=O) groups excluding carboxylic acids is 1. The summed E-state index contributed by atoms with van der Waals surface area (Å²) < 4.78 is 2.01. The number of amides is 1. The van der Waals surface area contributed by atoms with Gasteiger partial charge in [0, 0.05) is 24.0 Å². The Morgan fingerprint density at radius 1 is 1.07 bits per heavy atom. The molecule has 0 fully saturated rings. The third-order valence-corrected chi connectivity index (χ3v) is 5.76. The number of carbonyl (C=O) groups is 1. The van der Waals surface area contributed by atoms with Gasteiger partial charge in [-0.2, -0.15) is 0 Å². The number of rotatable bonds is 6. The Hall–Kier alpha value is -2.92. The van der Waals surface area contributed by atoms with Gasteiger partial charge in [-0.15, -0.1) is 0 Å². The highest BCUT2D eigenvalue weighted by Gasteiger charge is 2.17. The summed E-state index contributed by atoms with van der Waals surface area (Å²) in [6.07, 6.45) is 3.90. The number of aromatic nitrogens is 2. The molecule has 0 aliphatic heterocycles. The molecular formula is C22H21N3OS. The van der Waals surface area contributed by atoms with Gasteiger partial charge in [-0.05, 0) is 25.3 Å². The number of imidazole rings is 1. The van der Waals surface area contributed by atoms with Gasteiger partial charge in [0.1, 0.15) is 4.88 Å². The van der Waals surface area contributed by atoms with Crippen LogP contribution in [-0.2, 0) is 6.42 Å². The molecule has 2 aromatic carbocycles. The lowest BCUT2D eigenvalue weighted by atomic mass is 10.1. The number of nitrogens with one attached hydrogen (secondary N) is 1. The van der Waals surface area contributed by atoms with Crippen molar-refractivity contribution < 1.29 is 4.79 Å². The maximum absolute atomic E-state index is 12.6. The SMILES string of the molecule is Cc1c(C(=O)NCCCc2ccccc2)sc2nc(-c3ccccc3)cn12. The van der Waals surface area contributed by atoms with Crippen molar-refractivity contribution in [1.29, 1.82) is 0 Å². The highest BCUT2D eigenvalue weighted by molar-refractivity contribution is 7.19. The van der Waals surface area contributed by atoms with Gasteiger partial charge in [-0.3, -0.25) is 9.20 Å². The second-order valence-electron chi connectivity index (χ2n) is 6.51. The van der Waals surface area contributed by atoms with Crippen LogP contribution < -0.4 is 5.32 Å². The summed E-state index contributed by atoms with van der Waals surface area (Å²) >= 11 is 1.44. The van der Waals surface area contributed by atoms with Gasteiger partial charge in [0.2, 0.25) is 0 Å². The molecule has 4 nitrogen and oxygen atoms in total. The zero-order valence-corrected chi connectivity index (χ0v) is 16.0. The van der Waals surface area contributed by atoms with Crippen LogP contribution in [0, 0.1) is 6.92 Å². The van der Waals surface area contributed by atoms with Gasteiger partial charge < -0.3 is 5.32 Å². The maximum atomic E-state index is 12.6. The van der Waals surface area contributed by atoms with E-state index in [1.54, 1.807) is 0 Å². The molecule has 0 unspecified atom stereocenters. The number of hydrogen-bond acceptors (Lipinski definition) is 3. The van der Waals surface area contributed by atoms with Crippen molar-refractivity contribution in [3.05, 3.63) is 83.0 Å². The number of benzene rings is 2. The highest BCUT2D eigenvalue weighted by Crippen LogP contribution is 2.27. The standard InChI is InChI=1S/C22H21N3OS/c1-16-20(21(26)23-14-8-11-17-9-4-2-5-10-17)27-22-24-19(15-25(16)22)18-12-6-3-7-13-18/h2-7,9-10,12-13,15H,8,11,14H2,1H3,(H,23,26). The third kappa shape index (κ3) is 3.78. The molecule has 0 aliphatic carbocycles. The van der Waals surface area contributed by atoms with E-state index < -0.39 is 0 Å². The molecule has 5 heteroatoms. The van der Waals surface area contributed by atoms with Crippen molar-refractivity contribution in [1.82, 2.24) is 14.7 Å². The quantitative estimate of drug-likeness (QED) is 0.495. The van der Waals surface area contributed by atoms with Crippen molar-refractivity contribution in [2.45, 2.75) is 19.8 Å². The van der Waals surface area contributed by atoms with Crippen LogP contribution in [0.4, 0.5) is 0 Å².